The molecule has 1 aromatic carbocycles. The van der Waals surface area contributed by atoms with Gasteiger partial charge in [0.1, 0.15) is 9.34 Å². The molecule has 2 aromatic rings. The second-order valence-electron chi connectivity index (χ2n) is 7.90. The molecule has 1 aromatic heterocycles. The highest BCUT2D eigenvalue weighted by Gasteiger charge is 2.49. The van der Waals surface area contributed by atoms with Crippen molar-refractivity contribution in [1.82, 2.24) is 15.2 Å². The Hall–Kier alpha value is -2.16. The maximum atomic E-state index is 13.1. The molecule has 0 bridgehead atoms. The fourth-order valence-electron chi connectivity index (χ4n) is 4.40. The van der Waals surface area contributed by atoms with E-state index in [1.165, 1.54) is 11.3 Å². The van der Waals surface area contributed by atoms with E-state index >= 15 is 0 Å². The number of carbonyl (C=O) groups is 3. The van der Waals surface area contributed by atoms with E-state index in [-0.39, 0.29) is 42.4 Å². The second kappa shape index (κ2) is 8.76. The minimum absolute atomic E-state index is 0.0498. The van der Waals surface area contributed by atoms with Gasteiger partial charge < -0.3 is 15.1 Å². The summed E-state index contributed by atoms with van der Waals surface area (Å²) in [4.78, 5) is 45.1. The molecule has 1 saturated heterocycles. The number of nitrogens with zero attached hydrogens (tertiary/aromatic N) is 3. The monoisotopic (exact) mass is 480 g/mol. The third-order valence-corrected chi connectivity index (χ3v) is 7.31. The summed E-state index contributed by atoms with van der Waals surface area (Å²) in [6, 6.07) is 5.55. The van der Waals surface area contributed by atoms with Gasteiger partial charge in [-0.1, -0.05) is 23.2 Å². The lowest BCUT2D eigenvalue weighted by Gasteiger charge is -2.26. The van der Waals surface area contributed by atoms with E-state index in [0.29, 0.717) is 34.0 Å². The molecule has 2 aliphatic heterocycles. The number of fused-ring (bicyclic) bond motifs is 2. The number of amides is 3. The van der Waals surface area contributed by atoms with Gasteiger partial charge in [-0.2, -0.15) is 0 Å². The van der Waals surface area contributed by atoms with Gasteiger partial charge in [-0.3, -0.25) is 14.4 Å². The summed E-state index contributed by atoms with van der Waals surface area (Å²) in [6.45, 7) is 1.57. The summed E-state index contributed by atoms with van der Waals surface area (Å²) in [5.74, 6) is -0.263. The molecule has 1 atom stereocenters. The molecular weight excluding hydrogens is 459 g/mol. The standard InChI is InChI=1S/C21H22Cl2N4O3S/c1-24-17(28)4-5-19(29)26-7-6-21(11-26)12-27(15-3-2-13(22)8-14(15)21)20(30)9-18-25-10-16(23)31-18/h2-3,8,10H,4-7,9,11-12H2,1H3,(H,24,28). The number of hydrogen-bond acceptors (Lipinski definition) is 5. The largest absolute Gasteiger partial charge is 0.359 e. The molecule has 7 nitrogen and oxygen atoms in total. The SMILES string of the molecule is CNC(=O)CCC(=O)N1CCC2(C1)CN(C(=O)Cc1ncc(Cl)s1)c1ccc(Cl)cc12. The van der Waals surface area contributed by atoms with Gasteiger partial charge in [0.25, 0.3) is 0 Å². The van der Waals surface area contributed by atoms with E-state index in [2.05, 4.69) is 10.3 Å². The first kappa shape index (κ1) is 22.0. The second-order valence-corrected chi connectivity index (χ2v) is 10.1. The van der Waals surface area contributed by atoms with Gasteiger partial charge in [0.05, 0.1) is 12.6 Å². The number of rotatable bonds is 5. The fraction of sp³-hybridized carbons (Fsp3) is 0.429. The number of carbonyl (C=O) groups excluding carboxylic acids is 3. The highest BCUT2D eigenvalue weighted by Crippen LogP contribution is 2.47. The minimum Gasteiger partial charge on any atom is -0.359 e. The number of benzene rings is 1. The van der Waals surface area contributed by atoms with E-state index in [9.17, 15) is 14.4 Å². The van der Waals surface area contributed by atoms with E-state index in [0.717, 1.165) is 17.7 Å². The highest BCUT2D eigenvalue weighted by atomic mass is 35.5. The minimum atomic E-state index is -0.362. The van der Waals surface area contributed by atoms with Crippen LogP contribution in [0.2, 0.25) is 9.36 Å². The van der Waals surface area contributed by atoms with Gasteiger partial charge in [-0.25, -0.2) is 4.98 Å². The van der Waals surface area contributed by atoms with E-state index in [1.807, 2.05) is 12.1 Å². The Morgan fingerprint density at radius 2 is 2.00 bits per heavy atom. The molecule has 1 fully saturated rings. The Labute approximate surface area is 194 Å². The third kappa shape index (κ3) is 4.42. The number of hydrogen-bond donors (Lipinski definition) is 1. The quantitative estimate of drug-likeness (QED) is 0.712. The van der Waals surface area contributed by atoms with Crippen LogP contribution in [0.15, 0.2) is 24.4 Å². The highest BCUT2D eigenvalue weighted by molar-refractivity contribution is 7.15. The lowest BCUT2D eigenvalue weighted by atomic mass is 9.81. The average Bonchev–Trinajstić information content (AvgIpc) is 3.44. The van der Waals surface area contributed by atoms with Gasteiger partial charge >= 0.3 is 0 Å². The number of halogens is 2. The van der Waals surface area contributed by atoms with Crippen LogP contribution in [0.4, 0.5) is 5.69 Å². The zero-order chi connectivity index (χ0) is 22.2. The summed E-state index contributed by atoms with van der Waals surface area (Å²) in [7, 11) is 1.56. The van der Waals surface area contributed by atoms with Gasteiger partial charge in [0.2, 0.25) is 17.7 Å². The van der Waals surface area contributed by atoms with Gasteiger partial charge in [0.15, 0.2) is 0 Å². The van der Waals surface area contributed by atoms with E-state index < -0.39 is 0 Å². The molecule has 1 N–H and O–H groups in total. The van der Waals surface area contributed by atoms with E-state index in [1.54, 1.807) is 29.1 Å². The third-order valence-electron chi connectivity index (χ3n) is 5.96. The van der Waals surface area contributed by atoms with Crippen LogP contribution in [0.3, 0.4) is 0 Å². The topological polar surface area (TPSA) is 82.6 Å². The van der Waals surface area contributed by atoms with Crippen molar-refractivity contribution in [1.29, 1.82) is 0 Å². The van der Waals surface area contributed by atoms with Crippen molar-refractivity contribution in [2.24, 2.45) is 0 Å². The van der Waals surface area contributed by atoms with Crippen molar-refractivity contribution >= 4 is 57.9 Å². The zero-order valence-electron chi connectivity index (χ0n) is 17.0. The van der Waals surface area contributed by atoms with Gasteiger partial charge in [-0.05, 0) is 30.2 Å². The summed E-state index contributed by atoms with van der Waals surface area (Å²) in [5.41, 5.74) is 1.46. The number of likely N-dealkylation sites (tertiary alicyclic amines) is 1. The Bertz CT molecular complexity index is 1040. The first-order valence-electron chi connectivity index (χ1n) is 10.0. The first-order chi connectivity index (χ1) is 14.8. The van der Waals surface area contributed by atoms with Crippen molar-refractivity contribution in [2.45, 2.75) is 31.1 Å². The lowest BCUT2D eigenvalue weighted by Crippen LogP contribution is -2.40. The Kier molecular flexibility index (Phi) is 6.23. The van der Waals surface area contributed by atoms with Crippen LogP contribution in [0.25, 0.3) is 0 Å². The first-order valence-corrected chi connectivity index (χ1v) is 11.6. The average molecular weight is 481 g/mol. The number of aromatic nitrogens is 1. The molecule has 3 heterocycles. The van der Waals surface area contributed by atoms with Gasteiger partial charge in [-0.15, -0.1) is 11.3 Å². The fourth-order valence-corrected chi connectivity index (χ4v) is 5.52. The van der Waals surface area contributed by atoms with Gasteiger partial charge in [0, 0.05) is 55.6 Å². The van der Waals surface area contributed by atoms with Crippen LogP contribution in [0.5, 0.6) is 0 Å². The van der Waals surface area contributed by atoms with Crippen LogP contribution >= 0.6 is 34.5 Å². The smallest absolute Gasteiger partial charge is 0.233 e. The molecule has 0 radical (unpaired) electrons. The van der Waals surface area contributed by atoms with Crippen molar-refractivity contribution in [3.63, 3.8) is 0 Å². The number of anilines is 1. The Morgan fingerprint density at radius 1 is 1.19 bits per heavy atom. The summed E-state index contributed by atoms with van der Waals surface area (Å²) < 4.78 is 0.551. The Balaban J connectivity index is 1.54. The van der Waals surface area contributed by atoms with Crippen LogP contribution in [0, 0.1) is 0 Å². The normalized spacial score (nSPS) is 19.7. The maximum Gasteiger partial charge on any atom is 0.233 e. The molecule has 10 heteroatoms. The molecule has 1 spiro atoms. The summed E-state index contributed by atoms with van der Waals surface area (Å²) >= 11 is 13.5. The summed E-state index contributed by atoms with van der Waals surface area (Å²) in [6.07, 6.45) is 2.80. The number of nitrogens with one attached hydrogen (secondary N) is 1. The molecule has 2 aliphatic rings. The lowest BCUT2D eigenvalue weighted by molar-refractivity contribution is -0.132. The molecule has 31 heavy (non-hydrogen) atoms. The van der Waals surface area contributed by atoms with Crippen LogP contribution in [0.1, 0.15) is 29.8 Å². The van der Waals surface area contributed by atoms with E-state index in [4.69, 9.17) is 23.2 Å². The van der Waals surface area contributed by atoms with Crippen molar-refractivity contribution in [2.75, 3.05) is 31.6 Å². The van der Waals surface area contributed by atoms with Crippen LogP contribution in [-0.4, -0.2) is 54.3 Å². The number of thiazole rings is 1. The van der Waals surface area contributed by atoms with Crippen molar-refractivity contribution in [3.8, 4) is 0 Å². The predicted octanol–water partition coefficient (Wildman–Crippen LogP) is 3.04. The van der Waals surface area contributed by atoms with Crippen molar-refractivity contribution < 1.29 is 14.4 Å². The zero-order valence-corrected chi connectivity index (χ0v) is 19.3. The molecule has 4 rings (SSSR count). The van der Waals surface area contributed by atoms with Crippen LogP contribution < -0.4 is 10.2 Å². The maximum absolute atomic E-state index is 13.1. The predicted molar refractivity (Wildman–Crippen MR) is 121 cm³/mol. The summed E-state index contributed by atoms with van der Waals surface area (Å²) in [5, 5.41) is 3.81. The van der Waals surface area contributed by atoms with Crippen LogP contribution in [-0.2, 0) is 26.2 Å². The molecule has 0 aliphatic carbocycles. The molecular formula is C21H22Cl2N4O3S. The molecule has 164 valence electrons. The Morgan fingerprint density at radius 3 is 2.71 bits per heavy atom. The van der Waals surface area contributed by atoms with Crippen molar-refractivity contribution in [3.05, 3.63) is 44.3 Å². The molecule has 3 amide bonds. The molecule has 1 unspecified atom stereocenters. The molecule has 0 saturated carbocycles.